The molecular weight excluding hydrogens is 628 g/mol. The third-order valence-electron chi connectivity index (χ3n) is 8.54. The molecule has 0 rings (SSSR count). The smallest absolute Gasteiger partial charge is 0.0483 e. The van der Waals surface area contributed by atoms with Crippen LogP contribution in [0.3, 0.4) is 0 Å². The molecule has 4 N–H and O–H groups in total. The van der Waals surface area contributed by atoms with E-state index >= 15 is 0 Å². The molecule has 0 amide bonds. The van der Waals surface area contributed by atoms with E-state index in [0.717, 1.165) is 19.3 Å². The van der Waals surface area contributed by atoms with Gasteiger partial charge in [0, 0.05) is 47.6 Å². The largest absolute Gasteiger partial charge is 0.396 e. The number of unbranched alkanes of at least 4 members (excludes halogenated alkanes) is 31. The second-order valence-electron chi connectivity index (χ2n) is 14.2. The Morgan fingerprint density at radius 3 is 0.479 bits per heavy atom. The predicted molar refractivity (Wildman–Crippen MR) is 213 cm³/mol. The molecule has 0 bridgehead atoms. The quantitative estimate of drug-likeness (QED) is 0.0394. The van der Waals surface area contributed by atoms with Gasteiger partial charge < -0.3 is 20.4 Å². The standard InChI is InChI=1S/2C14H30O.C12H26O.C3H8O.Ti/c2*1-2-3-4-5-6-7-8-9-10-11-12-13-14-15;1-2-3-4-5-6-7-8-9-10-11-12-13;1-3(2)4;/h2*15H,2-14H2,1H3;13H,2-12H2,1H3;3-4H,1-2H3;. The van der Waals surface area contributed by atoms with Gasteiger partial charge in [-0.1, -0.05) is 220 Å². The van der Waals surface area contributed by atoms with Gasteiger partial charge in [-0.3, -0.25) is 0 Å². The third-order valence-corrected chi connectivity index (χ3v) is 8.54. The van der Waals surface area contributed by atoms with Gasteiger partial charge in [0.05, 0.1) is 0 Å². The Hall–Kier alpha value is 0.554. The molecule has 0 heterocycles. The Labute approximate surface area is 319 Å². The summed E-state index contributed by atoms with van der Waals surface area (Å²) < 4.78 is 0. The third kappa shape index (κ3) is 80.9. The molecule has 0 saturated heterocycles. The number of rotatable bonds is 34. The van der Waals surface area contributed by atoms with E-state index in [-0.39, 0.29) is 27.8 Å². The maximum Gasteiger partial charge on any atom is 0.0483 e. The predicted octanol–water partition coefficient (Wildman–Crippen LogP) is 13.6. The van der Waals surface area contributed by atoms with Crippen molar-refractivity contribution in [1.29, 1.82) is 0 Å². The molecule has 0 saturated carbocycles. The minimum atomic E-state index is -0.167. The second kappa shape index (κ2) is 62.7. The Kier molecular flexibility index (Phi) is 75.6. The molecule has 0 aromatic carbocycles. The van der Waals surface area contributed by atoms with Gasteiger partial charge in [-0.25, -0.2) is 0 Å². The monoisotopic (exact) mass is 723 g/mol. The number of hydrogen-bond acceptors (Lipinski definition) is 4. The number of hydrogen-bond donors (Lipinski definition) is 4. The first kappa shape index (κ1) is 57.9. The van der Waals surface area contributed by atoms with E-state index in [1.54, 1.807) is 13.8 Å². The van der Waals surface area contributed by atoms with Gasteiger partial charge in [0.15, 0.2) is 0 Å². The average molecular weight is 723 g/mol. The van der Waals surface area contributed by atoms with E-state index in [1.807, 2.05) is 0 Å². The first-order chi connectivity index (χ1) is 23.0. The van der Waals surface area contributed by atoms with Crippen molar-refractivity contribution < 1.29 is 42.1 Å². The molecule has 0 aliphatic heterocycles. The van der Waals surface area contributed by atoms with Crippen molar-refractivity contribution in [1.82, 2.24) is 0 Å². The summed E-state index contributed by atoms with van der Waals surface area (Å²) >= 11 is 0. The fourth-order valence-corrected chi connectivity index (χ4v) is 5.50. The van der Waals surface area contributed by atoms with Crippen LogP contribution in [0.2, 0.25) is 0 Å². The van der Waals surface area contributed by atoms with Crippen LogP contribution in [0, 0.1) is 0 Å². The van der Waals surface area contributed by atoms with Gasteiger partial charge >= 0.3 is 0 Å². The van der Waals surface area contributed by atoms with Crippen LogP contribution < -0.4 is 0 Å². The summed E-state index contributed by atoms with van der Waals surface area (Å²) in [7, 11) is 0. The number of aliphatic hydroxyl groups is 4. The van der Waals surface area contributed by atoms with Crippen LogP contribution in [0.25, 0.3) is 0 Å². The van der Waals surface area contributed by atoms with Crippen LogP contribution >= 0.6 is 0 Å². The fraction of sp³-hybridized carbons (Fsp3) is 1.00. The van der Waals surface area contributed by atoms with Crippen LogP contribution in [-0.2, 0) is 21.7 Å². The molecule has 0 aromatic rings. The summed E-state index contributed by atoms with van der Waals surface area (Å²) in [4.78, 5) is 0. The first-order valence-electron chi connectivity index (χ1n) is 21.5. The van der Waals surface area contributed by atoms with Crippen molar-refractivity contribution in [3.63, 3.8) is 0 Å². The molecule has 0 unspecified atom stereocenters. The molecule has 0 atom stereocenters. The van der Waals surface area contributed by atoms with E-state index in [4.69, 9.17) is 20.4 Å². The summed E-state index contributed by atoms with van der Waals surface area (Å²) in [5.74, 6) is 0. The fourth-order valence-electron chi connectivity index (χ4n) is 5.50. The summed E-state index contributed by atoms with van der Waals surface area (Å²) in [6.45, 7) is 11.4. The van der Waals surface area contributed by atoms with Crippen molar-refractivity contribution in [2.24, 2.45) is 0 Å². The second-order valence-corrected chi connectivity index (χ2v) is 14.2. The van der Waals surface area contributed by atoms with Crippen molar-refractivity contribution in [3.8, 4) is 0 Å². The van der Waals surface area contributed by atoms with Crippen LogP contribution in [0.1, 0.15) is 253 Å². The summed E-state index contributed by atoms with van der Waals surface area (Å²) in [6.07, 6.45) is 45.6. The average Bonchev–Trinajstić information content (AvgIpc) is 3.06. The number of aliphatic hydroxyl groups excluding tert-OH is 4. The van der Waals surface area contributed by atoms with Gasteiger partial charge in [0.25, 0.3) is 0 Å². The maximum absolute atomic E-state index is 8.61. The molecule has 4 nitrogen and oxygen atoms in total. The Morgan fingerprint density at radius 2 is 0.375 bits per heavy atom. The maximum atomic E-state index is 8.61. The summed E-state index contributed by atoms with van der Waals surface area (Å²) in [6, 6.07) is 0. The SMILES string of the molecule is CC(C)O.CCCCCCCCCCCCCCO.CCCCCCCCCCCCCCO.CCCCCCCCCCCCO.[Ti]. The van der Waals surface area contributed by atoms with Crippen LogP contribution in [0.15, 0.2) is 0 Å². The Balaban J connectivity index is -0.000000181. The topological polar surface area (TPSA) is 80.9 Å². The van der Waals surface area contributed by atoms with E-state index in [2.05, 4.69) is 20.8 Å². The Morgan fingerprint density at radius 1 is 0.271 bits per heavy atom. The van der Waals surface area contributed by atoms with Gasteiger partial charge in [0.2, 0.25) is 0 Å². The molecule has 0 aromatic heterocycles. The zero-order chi connectivity index (χ0) is 35.7. The van der Waals surface area contributed by atoms with Crippen molar-refractivity contribution >= 4 is 0 Å². The molecule has 0 spiro atoms. The van der Waals surface area contributed by atoms with Crippen LogP contribution in [0.5, 0.6) is 0 Å². The van der Waals surface area contributed by atoms with Crippen molar-refractivity contribution in [2.75, 3.05) is 19.8 Å². The molecule has 294 valence electrons. The zero-order valence-electron chi connectivity index (χ0n) is 34.0. The first-order valence-corrected chi connectivity index (χ1v) is 21.5. The van der Waals surface area contributed by atoms with Gasteiger partial charge in [-0.05, 0) is 33.1 Å². The van der Waals surface area contributed by atoms with E-state index in [9.17, 15) is 0 Å². The normalized spacial score (nSPS) is 10.4. The molecule has 0 aliphatic carbocycles. The molecular formula is C43H94O4Ti. The van der Waals surface area contributed by atoms with Gasteiger partial charge in [-0.2, -0.15) is 0 Å². The van der Waals surface area contributed by atoms with Crippen LogP contribution in [-0.4, -0.2) is 46.4 Å². The molecule has 48 heavy (non-hydrogen) atoms. The molecule has 5 heteroatoms. The summed E-state index contributed by atoms with van der Waals surface area (Å²) in [5, 5.41) is 33.8. The zero-order valence-corrected chi connectivity index (χ0v) is 35.6. The van der Waals surface area contributed by atoms with Crippen LogP contribution in [0.4, 0.5) is 0 Å². The van der Waals surface area contributed by atoms with E-state index in [0.29, 0.717) is 19.8 Å². The Bertz CT molecular complexity index is 388. The van der Waals surface area contributed by atoms with E-state index < -0.39 is 0 Å². The van der Waals surface area contributed by atoms with Crippen molar-refractivity contribution in [3.05, 3.63) is 0 Å². The van der Waals surface area contributed by atoms with E-state index in [1.165, 1.54) is 199 Å². The molecule has 0 aliphatic rings. The van der Waals surface area contributed by atoms with Gasteiger partial charge in [-0.15, -0.1) is 0 Å². The minimum Gasteiger partial charge on any atom is -0.396 e. The summed E-state index contributed by atoms with van der Waals surface area (Å²) in [5.41, 5.74) is 0. The van der Waals surface area contributed by atoms with Crippen molar-refractivity contribution in [2.45, 2.75) is 259 Å². The minimum absolute atomic E-state index is 0. The molecule has 0 fully saturated rings. The molecule has 0 radical (unpaired) electrons. The van der Waals surface area contributed by atoms with Gasteiger partial charge in [0.1, 0.15) is 0 Å².